The van der Waals surface area contributed by atoms with Crippen LogP contribution >= 0.6 is 15.9 Å². The minimum absolute atomic E-state index is 0.292. The first-order chi connectivity index (χ1) is 7.50. The Morgan fingerprint density at radius 3 is 2.75 bits per heavy atom. The Bertz CT molecular complexity index is 420. The molecule has 0 aliphatic carbocycles. The number of halogens is 2. The van der Waals surface area contributed by atoms with Crippen molar-refractivity contribution in [2.45, 2.75) is 13.8 Å². The summed E-state index contributed by atoms with van der Waals surface area (Å²) in [5.74, 6) is -0.292. The summed E-state index contributed by atoms with van der Waals surface area (Å²) in [4.78, 5) is 0. The Morgan fingerprint density at radius 1 is 1.50 bits per heavy atom. The Hall–Kier alpha value is -1.09. The molecule has 1 nitrogen and oxygen atoms in total. The number of allylic oxidation sites excluding steroid dienone is 1. The van der Waals surface area contributed by atoms with Crippen molar-refractivity contribution in [2.75, 3.05) is 6.61 Å². The molecule has 86 valence electrons. The Balaban J connectivity index is 2.70. The summed E-state index contributed by atoms with van der Waals surface area (Å²) < 4.78 is 19.5. The van der Waals surface area contributed by atoms with Crippen molar-refractivity contribution < 1.29 is 9.13 Å². The van der Waals surface area contributed by atoms with Crippen molar-refractivity contribution in [2.24, 2.45) is 0 Å². The van der Waals surface area contributed by atoms with E-state index in [4.69, 9.17) is 4.74 Å². The van der Waals surface area contributed by atoms with Gasteiger partial charge < -0.3 is 4.74 Å². The second-order valence-electron chi connectivity index (χ2n) is 3.73. The molecule has 0 amide bonds. The molecule has 1 aromatic carbocycles. The summed E-state index contributed by atoms with van der Waals surface area (Å²) in [6.07, 6.45) is 1.64. The Labute approximate surface area is 104 Å². The number of benzene rings is 1. The predicted octanol–water partition coefficient (Wildman–Crippen LogP) is 4.54. The van der Waals surface area contributed by atoms with E-state index in [1.54, 1.807) is 18.4 Å². The number of rotatable bonds is 4. The third-order valence-corrected chi connectivity index (χ3v) is 2.38. The SMILES string of the molecule is C=C(COC=C(C)C)c1ccc(Br)cc1F. The first kappa shape index (κ1) is 13.0. The average molecular weight is 285 g/mol. The van der Waals surface area contributed by atoms with Crippen LogP contribution in [-0.2, 0) is 4.74 Å². The quantitative estimate of drug-likeness (QED) is 0.738. The highest BCUT2D eigenvalue weighted by atomic mass is 79.9. The lowest BCUT2D eigenvalue weighted by Crippen LogP contribution is -1.95. The molecule has 0 aromatic heterocycles. The van der Waals surface area contributed by atoms with Gasteiger partial charge in [-0.3, -0.25) is 0 Å². The molecule has 16 heavy (non-hydrogen) atoms. The fourth-order valence-electron chi connectivity index (χ4n) is 1.16. The molecule has 0 spiro atoms. The van der Waals surface area contributed by atoms with Gasteiger partial charge in [0.25, 0.3) is 0 Å². The van der Waals surface area contributed by atoms with Crippen molar-refractivity contribution in [3.05, 3.63) is 52.5 Å². The molecular weight excluding hydrogens is 271 g/mol. The molecule has 0 aliphatic rings. The molecule has 0 saturated heterocycles. The van der Waals surface area contributed by atoms with Crippen LogP contribution in [0.15, 0.2) is 41.1 Å². The highest BCUT2D eigenvalue weighted by molar-refractivity contribution is 9.10. The minimum Gasteiger partial charge on any atom is -0.497 e. The molecule has 0 atom stereocenters. The van der Waals surface area contributed by atoms with Crippen LogP contribution in [0, 0.1) is 5.82 Å². The second kappa shape index (κ2) is 5.85. The summed E-state index contributed by atoms with van der Waals surface area (Å²) in [7, 11) is 0. The van der Waals surface area contributed by atoms with Crippen molar-refractivity contribution >= 4 is 21.5 Å². The fraction of sp³-hybridized carbons (Fsp3) is 0.231. The van der Waals surface area contributed by atoms with E-state index < -0.39 is 0 Å². The van der Waals surface area contributed by atoms with Gasteiger partial charge in [-0.05, 0) is 37.1 Å². The molecule has 0 N–H and O–H groups in total. The Morgan fingerprint density at radius 2 is 2.19 bits per heavy atom. The summed E-state index contributed by atoms with van der Waals surface area (Å²) in [5, 5.41) is 0. The van der Waals surface area contributed by atoms with E-state index in [1.165, 1.54) is 6.07 Å². The number of hydrogen-bond donors (Lipinski definition) is 0. The average Bonchev–Trinajstić information content (AvgIpc) is 2.16. The zero-order valence-electron chi connectivity index (χ0n) is 9.39. The van der Waals surface area contributed by atoms with Crippen LogP contribution in [-0.4, -0.2) is 6.61 Å². The van der Waals surface area contributed by atoms with Crippen LogP contribution in [0.2, 0.25) is 0 Å². The minimum atomic E-state index is -0.292. The fourth-order valence-corrected chi connectivity index (χ4v) is 1.50. The molecule has 3 heteroatoms. The predicted molar refractivity (Wildman–Crippen MR) is 68.5 cm³/mol. The highest BCUT2D eigenvalue weighted by Crippen LogP contribution is 2.21. The van der Waals surface area contributed by atoms with Gasteiger partial charge in [0.2, 0.25) is 0 Å². The lowest BCUT2D eigenvalue weighted by atomic mass is 10.1. The smallest absolute Gasteiger partial charge is 0.131 e. The van der Waals surface area contributed by atoms with Crippen molar-refractivity contribution in [3.8, 4) is 0 Å². The van der Waals surface area contributed by atoms with E-state index in [9.17, 15) is 4.39 Å². The maximum absolute atomic E-state index is 13.5. The van der Waals surface area contributed by atoms with Gasteiger partial charge in [0.15, 0.2) is 0 Å². The third kappa shape index (κ3) is 3.81. The summed E-state index contributed by atoms with van der Waals surface area (Å²) >= 11 is 3.21. The highest BCUT2D eigenvalue weighted by Gasteiger charge is 2.06. The summed E-state index contributed by atoms with van der Waals surface area (Å²) in [6, 6.07) is 4.89. The molecule has 0 fully saturated rings. The molecule has 1 aromatic rings. The molecular formula is C13H14BrFO. The topological polar surface area (TPSA) is 9.23 Å². The van der Waals surface area contributed by atoms with E-state index in [-0.39, 0.29) is 5.82 Å². The maximum Gasteiger partial charge on any atom is 0.131 e. The van der Waals surface area contributed by atoms with Gasteiger partial charge >= 0.3 is 0 Å². The Kier molecular flexibility index (Phi) is 4.74. The lowest BCUT2D eigenvalue weighted by Gasteiger charge is -2.07. The van der Waals surface area contributed by atoms with Gasteiger partial charge in [-0.15, -0.1) is 0 Å². The van der Waals surface area contributed by atoms with E-state index in [1.807, 2.05) is 13.8 Å². The van der Waals surface area contributed by atoms with Crippen LogP contribution in [0.5, 0.6) is 0 Å². The van der Waals surface area contributed by atoms with Gasteiger partial charge in [-0.2, -0.15) is 0 Å². The van der Waals surface area contributed by atoms with Crippen LogP contribution in [0.3, 0.4) is 0 Å². The number of hydrogen-bond acceptors (Lipinski definition) is 1. The molecule has 0 unspecified atom stereocenters. The van der Waals surface area contributed by atoms with Gasteiger partial charge in [0.1, 0.15) is 12.4 Å². The first-order valence-corrected chi connectivity index (χ1v) is 5.68. The zero-order chi connectivity index (χ0) is 12.1. The van der Waals surface area contributed by atoms with Crippen LogP contribution < -0.4 is 0 Å². The van der Waals surface area contributed by atoms with Crippen LogP contribution in [0.25, 0.3) is 5.57 Å². The van der Waals surface area contributed by atoms with E-state index >= 15 is 0 Å². The van der Waals surface area contributed by atoms with Crippen molar-refractivity contribution in [1.82, 2.24) is 0 Å². The maximum atomic E-state index is 13.5. The summed E-state index contributed by atoms with van der Waals surface area (Å²) in [5.41, 5.74) is 2.18. The lowest BCUT2D eigenvalue weighted by molar-refractivity contribution is 0.292. The molecule has 0 saturated carbocycles. The monoisotopic (exact) mass is 284 g/mol. The van der Waals surface area contributed by atoms with Gasteiger partial charge in [-0.25, -0.2) is 4.39 Å². The molecule has 0 heterocycles. The molecule has 0 bridgehead atoms. The van der Waals surface area contributed by atoms with E-state index in [0.717, 1.165) is 5.57 Å². The van der Waals surface area contributed by atoms with Crippen LogP contribution in [0.1, 0.15) is 19.4 Å². The molecule has 0 radical (unpaired) electrons. The largest absolute Gasteiger partial charge is 0.497 e. The van der Waals surface area contributed by atoms with Crippen molar-refractivity contribution in [1.29, 1.82) is 0 Å². The number of ether oxygens (including phenoxy) is 1. The standard InChI is InChI=1S/C13H14BrFO/c1-9(2)7-16-8-10(3)12-5-4-11(14)6-13(12)15/h4-7H,3,8H2,1-2H3. The van der Waals surface area contributed by atoms with Gasteiger partial charge in [0, 0.05) is 10.0 Å². The van der Waals surface area contributed by atoms with Gasteiger partial charge in [0.05, 0.1) is 6.26 Å². The second-order valence-corrected chi connectivity index (χ2v) is 4.65. The van der Waals surface area contributed by atoms with E-state index in [0.29, 0.717) is 22.2 Å². The van der Waals surface area contributed by atoms with Crippen LogP contribution in [0.4, 0.5) is 4.39 Å². The zero-order valence-corrected chi connectivity index (χ0v) is 11.0. The van der Waals surface area contributed by atoms with E-state index in [2.05, 4.69) is 22.5 Å². The molecule has 1 rings (SSSR count). The molecule has 0 aliphatic heterocycles. The first-order valence-electron chi connectivity index (χ1n) is 4.89. The normalized spacial score (nSPS) is 9.75. The van der Waals surface area contributed by atoms with Gasteiger partial charge in [-0.1, -0.05) is 28.6 Å². The van der Waals surface area contributed by atoms with Crippen molar-refractivity contribution in [3.63, 3.8) is 0 Å². The summed E-state index contributed by atoms with van der Waals surface area (Å²) in [6.45, 7) is 7.97. The third-order valence-electron chi connectivity index (χ3n) is 1.89.